The van der Waals surface area contributed by atoms with Crippen molar-refractivity contribution in [3.8, 4) is 11.5 Å². The fraction of sp³-hybridized carbons (Fsp3) is 0.462. The maximum absolute atomic E-state index is 11.6. The first-order chi connectivity index (χ1) is 8.67. The van der Waals surface area contributed by atoms with Crippen molar-refractivity contribution in [3.05, 3.63) is 18.2 Å². The maximum Gasteiger partial charge on any atom is 0.245 e. The third-order valence-corrected chi connectivity index (χ3v) is 2.80. The van der Waals surface area contributed by atoms with Crippen molar-refractivity contribution in [2.24, 2.45) is 5.73 Å². The second kappa shape index (κ2) is 5.27. The van der Waals surface area contributed by atoms with E-state index in [-0.39, 0.29) is 11.9 Å². The molecule has 0 spiro atoms. The van der Waals surface area contributed by atoms with E-state index in [1.54, 1.807) is 4.90 Å². The zero-order chi connectivity index (χ0) is 13.1. The smallest absolute Gasteiger partial charge is 0.245 e. The molecule has 0 bridgehead atoms. The minimum Gasteiger partial charge on any atom is -0.490 e. The van der Waals surface area contributed by atoms with Gasteiger partial charge in [-0.05, 0) is 26.0 Å². The van der Waals surface area contributed by atoms with Crippen LogP contribution in [-0.4, -0.2) is 31.7 Å². The van der Waals surface area contributed by atoms with Crippen LogP contribution < -0.4 is 20.1 Å². The van der Waals surface area contributed by atoms with E-state index in [0.717, 1.165) is 5.69 Å². The van der Waals surface area contributed by atoms with Crippen LogP contribution in [0.15, 0.2) is 18.2 Å². The van der Waals surface area contributed by atoms with Gasteiger partial charge in [-0.3, -0.25) is 4.79 Å². The van der Waals surface area contributed by atoms with E-state index in [1.165, 1.54) is 0 Å². The Hall–Kier alpha value is -1.75. The summed E-state index contributed by atoms with van der Waals surface area (Å²) in [7, 11) is 0. The first kappa shape index (κ1) is 12.7. The molecule has 1 aromatic rings. The minimum atomic E-state index is -0.368. The Kier molecular flexibility index (Phi) is 3.72. The molecule has 0 aromatic heterocycles. The van der Waals surface area contributed by atoms with Crippen molar-refractivity contribution >= 4 is 11.6 Å². The quantitative estimate of drug-likeness (QED) is 0.796. The molecule has 1 heterocycles. The van der Waals surface area contributed by atoms with Gasteiger partial charge in [0.2, 0.25) is 5.91 Å². The molecule has 1 amide bonds. The van der Waals surface area contributed by atoms with Crippen molar-refractivity contribution in [3.63, 3.8) is 0 Å². The first-order valence-electron chi connectivity index (χ1n) is 6.14. The van der Waals surface area contributed by atoms with E-state index in [0.29, 0.717) is 31.3 Å². The summed E-state index contributed by atoms with van der Waals surface area (Å²) in [5.74, 6) is 1.30. The van der Waals surface area contributed by atoms with E-state index in [9.17, 15) is 4.79 Å². The van der Waals surface area contributed by atoms with Gasteiger partial charge in [-0.2, -0.15) is 0 Å². The molecular formula is C13H18N2O3. The third-order valence-electron chi connectivity index (χ3n) is 2.80. The monoisotopic (exact) mass is 250 g/mol. The zero-order valence-electron chi connectivity index (χ0n) is 10.7. The second-order valence-electron chi connectivity index (χ2n) is 4.05. The lowest BCUT2D eigenvalue weighted by molar-refractivity contribution is -0.123. The molecule has 98 valence electrons. The van der Waals surface area contributed by atoms with Gasteiger partial charge in [0.15, 0.2) is 11.5 Å². The minimum absolute atomic E-state index is 0.0541. The van der Waals surface area contributed by atoms with Gasteiger partial charge >= 0.3 is 0 Å². The van der Waals surface area contributed by atoms with Gasteiger partial charge in [0.05, 0.1) is 19.8 Å². The zero-order valence-corrected chi connectivity index (χ0v) is 10.7. The number of rotatable bonds is 5. The van der Waals surface area contributed by atoms with Gasteiger partial charge in [-0.15, -0.1) is 0 Å². The Morgan fingerprint density at radius 2 is 1.94 bits per heavy atom. The summed E-state index contributed by atoms with van der Waals surface area (Å²) in [6.45, 7) is 5.51. The highest BCUT2D eigenvalue weighted by atomic mass is 16.5. The van der Waals surface area contributed by atoms with Gasteiger partial charge in [0.1, 0.15) is 6.04 Å². The number of amides is 1. The lowest BCUT2D eigenvalue weighted by Crippen LogP contribution is -2.61. The summed E-state index contributed by atoms with van der Waals surface area (Å²) >= 11 is 0. The van der Waals surface area contributed by atoms with Crippen LogP contribution in [0.25, 0.3) is 0 Å². The van der Waals surface area contributed by atoms with Crippen molar-refractivity contribution in [2.45, 2.75) is 19.9 Å². The van der Waals surface area contributed by atoms with Gasteiger partial charge in [-0.1, -0.05) is 0 Å². The predicted octanol–water partition coefficient (Wildman–Crippen LogP) is 1.16. The summed E-state index contributed by atoms with van der Waals surface area (Å²) in [5.41, 5.74) is 6.38. The highest BCUT2D eigenvalue weighted by Crippen LogP contribution is 2.33. The molecule has 1 fully saturated rings. The van der Waals surface area contributed by atoms with Crippen LogP contribution in [0.5, 0.6) is 11.5 Å². The fourth-order valence-electron chi connectivity index (χ4n) is 1.89. The van der Waals surface area contributed by atoms with Crippen LogP contribution in [0, 0.1) is 0 Å². The van der Waals surface area contributed by atoms with Gasteiger partial charge in [-0.25, -0.2) is 0 Å². The molecule has 1 saturated heterocycles. The standard InChI is InChI=1S/C13H18N2O3/c1-3-17-11-6-5-9(7-12(11)18-4-2)15-8-10(14)13(15)16/h5-7,10H,3-4,8,14H2,1-2H3. The Morgan fingerprint density at radius 3 is 2.50 bits per heavy atom. The number of nitrogens with two attached hydrogens (primary N) is 1. The van der Waals surface area contributed by atoms with Crippen LogP contribution >= 0.6 is 0 Å². The molecule has 1 aromatic carbocycles. The number of hydrogen-bond acceptors (Lipinski definition) is 4. The molecule has 2 N–H and O–H groups in total. The molecule has 1 aliphatic heterocycles. The van der Waals surface area contributed by atoms with E-state index in [1.807, 2.05) is 32.0 Å². The van der Waals surface area contributed by atoms with Gasteiger partial charge in [0.25, 0.3) is 0 Å². The van der Waals surface area contributed by atoms with E-state index in [4.69, 9.17) is 15.2 Å². The Labute approximate surface area is 106 Å². The highest BCUT2D eigenvalue weighted by Gasteiger charge is 2.34. The van der Waals surface area contributed by atoms with Crippen LogP contribution in [-0.2, 0) is 4.79 Å². The van der Waals surface area contributed by atoms with Crippen molar-refractivity contribution in [1.29, 1.82) is 0 Å². The molecular weight excluding hydrogens is 232 g/mol. The summed E-state index contributed by atoms with van der Waals surface area (Å²) in [6, 6.07) is 5.11. The van der Waals surface area contributed by atoms with Gasteiger partial charge < -0.3 is 20.1 Å². The van der Waals surface area contributed by atoms with Crippen molar-refractivity contribution in [2.75, 3.05) is 24.7 Å². The molecule has 2 rings (SSSR count). The number of benzene rings is 1. The lowest BCUT2D eigenvalue weighted by atomic mass is 10.1. The molecule has 0 radical (unpaired) electrons. The van der Waals surface area contributed by atoms with Crippen LogP contribution in [0.3, 0.4) is 0 Å². The van der Waals surface area contributed by atoms with Crippen molar-refractivity contribution in [1.82, 2.24) is 0 Å². The number of ether oxygens (including phenoxy) is 2. The molecule has 18 heavy (non-hydrogen) atoms. The average molecular weight is 250 g/mol. The Morgan fingerprint density at radius 1 is 1.28 bits per heavy atom. The fourth-order valence-corrected chi connectivity index (χ4v) is 1.89. The topological polar surface area (TPSA) is 64.8 Å². The van der Waals surface area contributed by atoms with Crippen molar-refractivity contribution < 1.29 is 14.3 Å². The molecule has 1 atom stereocenters. The number of anilines is 1. The number of β-lactam (4-membered cyclic amide) rings is 1. The van der Waals surface area contributed by atoms with E-state index >= 15 is 0 Å². The molecule has 0 aliphatic carbocycles. The normalized spacial score (nSPS) is 18.5. The largest absolute Gasteiger partial charge is 0.490 e. The SMILES string of the molecule is CCOc1ccc(N2CC(N)C2=O)cc1OCC. The second-order valence-corrected chi connectivity index (χ2v) is 4.05. The highest BCUT2D eigenvalue weighted by molar-refractivity contribution is 6.04. The van der Waals surface area contributed by atoms with Crippen LogP contribution in [0.1, 0.15) is 13.8 Å². The van der Waals surface area contributed by atoms with Crippen LogP contribution in [0.2, 0.25) is 0 Å². The average Bonchev–Trinajstić information content (AvgIpc) is 2.38. The summed E-state index contributed by atoms with van der Waals surface area (Å²) in [4.78, 5) is 13.2. The summed E-state index contributed by atoms with van der Waals surface area (Å²) < 4.78 is 11.0. The molecule has 1 aliphatic rings. The number of hydrogen-bond donors (Lipinski definition) is 1. The Balaban J connectivity index is 2.23. The van der Waals surface area contributed by atoms with Crippen LogP contribution in [0.4, 0.5) is 5.69 Å². The first-order valence-corrected chi connectivity index (χ1v) is 6.14. The Bertz CT molecular complexity index is 448. The number of carbonyl (C=O) groups excluding carboxylic acids is 1. The molecule has 1 unspecified atom stereocenters. The molecule has 5 nitrogen and oxygen atoms in total. The maximum atomic E-state index is 11.6. The number of nitrogens with zero attached hydrogens (tertiary/aromatic N) is 1. The molecule has 0 saturated carbocycles. The predicted molar refractivity (Wildman–Crippen MR) is 69.1 cm³/mol. The van der Waals surface area contributed by atoms with E-state index in [2.05, 4.69) is 0 Å². The summed E-state index contributed by atoms with van der Waals surface area (Å²) in [6.07, 6.45) is 0. The van der Waals surface area contributed by atoms with Gasteiger partial charge in [0, 0.05) is 11.8 Å². The third kappa shape index (κ3) is 2.26. The lowest BCUT2D eigenvalue weighted by Gasteiger charge is -2.36. The summed E-state index contributed by atoms with van der Waals surface area (Å²) in [5, 5.41) is 0. The molecule has 5 heteroatoms. The number of carbonyl (C=O) groups is 1. The van der Waals surface area contributed by atoms with E-state index < -0.39 is 0 Å².